The zero-order valence-electron chi connectivity index (χ0n) is 26.9. The van der Waals surface area contributed by atoms with E-state index < -0.39 is 0 Å². The minimum Gasteiger partial charge on any atom is -0.395 e. The number of rotatable bonds is 8. The van der Waals surface area contributed by atoms with Crippen LogP contribution in [0.1, 0.15) is 13.8 Å². The van der Waals surface area contributed by atoms with Crippen molar-refractivity contribution in [1.29, 1.82) is 0 Å². The van der Waals surface area contributed by atoms with Gasteiger partial charge in [0.25, 0.3) is 0 Å². The maximum atomic E-state index is 9.37. The first-order valence-electron chi connectivity index (χ1n) is 15.7. The number of hydrogen-bond donors (Lipinski definition) is 3. The maximum Gasteiger partial charge on any atom is 0.135 e. The average Bonchev–Trinajstić information content (AvgIpc) is 3.91. The highest BCUT2D eigenvalue weighted by Gasteiger charge is 2.20. The predicted octanol–water partition coefficient (Wildman–Crippen LogP) is 7.26. The zero-order valence-corrected chi connectivity index (χ0v) is 28.6. The number of hydrogen-bond acceptors (Lipinski definition) is 11. The van der Waals surface area contributed by atoms with Crippen molar-refractivity contribution >= 4 is 54.7 Å². The summed E-state index contributed by atoms with van der Waals surface area (Å²) in [6.07, 6.45) is 6.67. The number of aliphatic hydroxyl groups is 1. The molecular weight excluding hydrogens is 653 g/mol. The van der Waals surface area contributed by atoms with Gasteiger partial charge < -0.3 is 25.7 Å². The van der Waals surface area contributed by atoms with E-state index in [0.29, 0.717) is 24.1 Å². The number of aromatic nitrogens is 8. The molecule has 6 heterocycles. The number of benzene rings is 2. The smallest absolute Gasteiger partial charge is 0.135 e. The second-order valence-electron chi connectivity index (χ2n) is 11.8. The monoisotopic (exact) mass is 686 g/mol. The van der Waals surface area contributed by atoms with E-state index in [1.54, 1.807) is 29.0 Å². The molecule has 8 aromatic rings. The molecule has 0 aliphatic carbocycles. The summed E-state index contributed by atoms with van der Waals surface area (Å²) in [7, 11) is 0. The van der Waals surface area contributed by atoms with Gasteiger partial charge in [0.15, 0.2) is 0 Å². The lowest BCUT2D eigenvalue weighted by molar-refractivity contribution is 0.276. The Balaban J connectivity index is 0.000000154. The Morgan fingerprint density at radius 2 is 1.12 bits per heavy atom. The lowest BCUT2D eigenvalue weighted by Crippen LogP contribution is -2.04. The summed E-state index contributed by atoms with van der Waals surface area (Å²) < 4.78 is 4.18. The number of fused-ring (bicyclic) bond motifs is 2. The van der Waals surface area contributed by atoms with Gasteiger partial charge in [-0.2, -0.15) is 0 Å². The molecule has 6 aromatic heterocycles. The van der Waals surface area contributed by atoms with E-state index in [9.17, 15) is 5.11 Å². The number of thiophene rings is 2. The van der Waals surface area contributed by atoms with Crippen molar-refractivity contribution in [2.24, 2.45) is 5.92 Å². The summed E-state index contributed by atoms with van der Waals surface area (Å²) in [6, 6.07) is 24.3. The Kier molecular flexibility index (Phi) is 9.11. The quantitative estimate of drug-likeness (QED) is 0.150. The fourth-order valence-corrected chi connectivity index (χ4v) is 7.82. The van der Waals surface area contributed by atoms with Gasteiger partial charge in [0.2, 0.25) is 0 Å². The van der Waals surface area contributed by atoms with Crippen molar-refractivity contribution in [1.82, 2.24) is 39.0 Å². The molecule has 0 aliphatic rings. The first-order valence-corrected chi connectivity index (χ1v) is 17.4. The van der Waals surface area contributed by atoms with Crippen molar-refractivity contribution in [3.05, 3.63) is 98.1 Å². The van der Waals surface area contributed by atoms with E-state index in [0.717, 1.165) is 70.6 Å². The standard InChI is InChI=1S/C19H19N5S.C17H15N5OS/c1-12(2)9-24-11-23-16(13-6-4-3-5-7-13)17(24)15-8-14-18(20)21-10-22-19(14)25-15;18-16-12-8-13(24-17(12)20-9-19-16)15-14(11-4-2-1-3-5-11)21-10-22(15)6-7-23/h3-8,10-12H,9H2,1-2H3,(H2,20,21,22);1-5,8-10,23H,6-7H2,(H2,18,19,20). The van der Waals surface area contributed by atoms with Crippen molar-refractivity contribution in [3.63, 3.8) is 0 Å². The summed E-state index contributed by atoms with van der Waals surface area (Å²) in [5.74, 6) is 1.51. The van der Waals surface area contributed by atoms with Crippen LogP contribution < -0.4 is 11.5 Å². The van der Waals surface area contributed by atoms with Crippen LogP contribution in [0.2, 0.25) is 0 Å². The number of nitrogen functional groups attached to an aromatic ring is 2. The van der Waals surface area contributed by atoms with Gasteiger partial charge in [-0.05, 0) is 18.1 Å². The fourth-order valence-electron chi connectivity index (χ4n) is 5.69. The molecule has 0 spiro atoms. The van der Waals surface area contributed by atoms with Crippen LogP contribution in [0.3, 0.4) is 0 Å². The third-order valence-electron chi connectivity index (χ3n) is 7.86. The molecule has 0 saturated heterocycles. The van der Waals surface area contributed by atoms with Gasteiger partial charge in [0.05, 0.1) is 62.6 Å². The Hall–Kier alpha value is -5.50. The van der Waals surface area contributed by atoms with Crippen molar-refractivity contribution in [2.45, 2.75) is 26.9 Å². The Bertz CT molecular complexity index is 2340. The molecule has 49 heavy (non-hydrogen) atoms. The number of aliphatic hydroxyl groups excluding tert-OH is 1. The first-order chi connectivity index (χ1) is 23.9. The molecule has 0 radical (unpaired) electrons. The van der Waals surface area contributed by atoms with Crippen LogP contribution in [0.5, 0.6) is 0 Å². The highest BCUT2D eigenvalue weighted by molar-refractivity contribution is 7.22. The third-order valence-corrected chi connectivity index (χ3v) is 9.96. The second-order valence-corrected chi connectivity index (χ2v) is 13.8. The minimum atomic E-state index is 0.0461. The molecule has 5 N–H and O–H groups in total. The molecular formula is C36H34N10OS2. The Morgan fingerprint density at radius 3 is 1.57 bits per heavy atom. The fraction of sp³-hybridized carbons (Fsp3) is 0.167. The topological polar surface area (TPSA) is 159 Å². The van der Waals surface area contributed by atoms with Gasteiger partial charge in [-0.1, -0.05) is 74.5 Å². The average molecular weight is 687 g/mol. The van der Waals surface area contributed by atoms with Gasteiger partial charge in [0, 0.05) is 24.2 Å². The van der Waals surface area contributed by atoms with Gasteiger partial charge in [0.1, 0.15) is 34.0 Å². The lowest BCUT2D eigenvalue weighted by atomic mass is 10.1. The molecule has 0 atom stereocenters. The molecule has 0 unspecified atom stereocenters. The zero-order chi connectivity index (χ0) is 33.9. The number of nitrogens with zero attached hydrogens (tertiary/aromatic N) is 8. The van der Waals surface area contributed by atoms with Crippen molar-refractivity contribution < 1.29 is 5.11 Å². The summed E-state index contributed by atoms with van der Waals surface area (Å²) >= 11 is 3.17. The summed E-state index contributed by atoms with van der Waals surface area (Å²) in [5.41, 5.74) is 18.1. The molecule has 0 amide bonds. The highest BCUT2D eigenvalue weighted by atomic mass is 32.1. The van der Waals surface area contributed by atoms with Crippen molar-refractivity contribution in [2.75, 3.05) is 18.1 Å². The van der Waals surface area contributed by atoms with Gasteiger partial charge in [-0.25, -0.2) is 29.9 Å². The molecule has 246 valence electrons. The van der Waals surface area contributed by atoms with Crippen LogP contribution in [0.25, 0.3) is 64.1 Å². The molecule has 11 nitrogen and oxygen atoms in total. The third kappa shape index (κ3) is 6.51. The Morgan fingerprint density at radius 1 is 0.653 bits per heavy atom. The molecule has 0 aliphatic heterocycles. The summed E-state index contributed by atoms with van der Waals surface area (Å²) in [5, 5.41) is 11.1. The van der Waals surface area contributed by atoms with Gasteiger partial charge in [-0.15, -0.1) is 22.7 Å². The second kappa shape index (κ2) is 13.9. The predicted molar refractivity (Wildman–Crippen MR) is 199 cm³/mol. The number of imidazole rings is 2. The van der Waals surface area contributed by atoms with Crippen LogP contribution in [0.15, 0.2) is 98.1 Å². The van der Waals surface area contributed by atoms with E-state index in [4.69, 9.17) is 16.5 Å². The number of nitrogens with two attached hydrogens (primary N) is 2. The van der Waals surface area contributed by atoms with Crippen LogP contribution >= 0.6 is 22.7 Å². The largest absolute Gasteiger partial charge is 0.395 e. The molecule has 0 saturated carbocycles. The molecule has 8 rings (SSSR count). The minimum absolute atomic E-state index is 0.0461. The van der Waals surface area contributed by atoms with Crippen LogP contribution in [0.4, 0.5) is 11.6 Å². The Labute approximate surface area is 290 Å². The highest BCUT2D eigenvalue weighted by Crippen LogP contribution is 2.40. The van der Waals surface area contributed by atoms with Gasteiger partial charge in [-0.3, -0.25) is 0 Å². The summed E-state index contributed by atoms with van der Waals surface area (Å²) in [4.78, 5) is 29.9. The molecule has 0 bridgehead atoms. The van der Waals surface area contributed by atoms with E-state index in [1.165, 1.54) is 12.7 Å². The lowest BCUT2D eigenvalue weighted by Gasteiger charge is -2.11. The van der Waals surface area contributed by atoms with E-state index in [-0.39, 0.29) is 6.61 Å². The summed E-state index contributed by atoms with van der Waals surface area (Å²) in [6.45, 7) is 5.85. The molecule has 13 heteroatoms. The van der Waals surface area contributed by atoms with Crippen molar-refractivity contribution in [3.8, 4) is 43.7 Å². The molecule has 2 aromatic carbocycles. The maximum absolute atomic E-state index is 9.37. The SMILES string of the molecule is CC(C)Cn1cnc(-c2ccccc2)c1-c1cc2c(N)ncnc2s1.Nc1ncnc2sc(-c3c(-c4ccccc4)ncn3CCO)cc12. The van der Waals surface area contributed by atoms with Crippen LogP contribution in [-0.4, -0.2) is 50.8 Å². The van der Waals surface area contributed by atoms with Gasteiger partial charge >= 0.3 is 0 Å². The number of anilines is 2. The normalized spacial score (nSPS) is 11.3. The van der Waals surface area contributed by atoms with E-state index >= 15 is 0 Å². The molecule has 0 fully saturated rings. The van der Waals surface area contributed by atoms with E-state index in [1.807, 2.05) is 65.5 Å². The van der Waals surface area contributed by atoms with E-state index in [2.05, 4.69) is 61.5 Å². The first kappa shape index (κ1) is 32.1. The van der Waals surface area contributed by atoms with Crippen LogP contribution in [0, 0.1) is 5.92 Å². The van der Waals surface area contributed by atoms with Crippen LogP contribution in [-0.2, 0) is 13.1 Å².